The monoisotopic (exact) mass is 243 g/mol. The van der Waals surface area contributed by atoms with Crippen molar-refractivity contribution in [1.29, 1.82) is 0 Å². The molecule has 0 aliphatic rings. The zero-order chi connectivity index (χ0) is 12.8. The molecule has 0 aliphatic carbocycles. The Morgan fingerprint density at radius 2 is 1.89 bits per heavy atom. The minimum atomic E-state index is 0.657. The van der Waals surface area contributed by atoms with E-state index in [1.807, 2.05) is 18.2 Å². The van der Waals surface area contributed by atoms with Gasteiger partial charge in [0.2, 0.25) is 0 Å². The quantitative estimate of drug-likeness (QED) is 0.814. The van der Waals surface area contributed by atoms with Gasteiger partial charge in [-0.05, 0) is 26.0 Å². The fourth-order valence-corrected chi connectivity index (χ4v) is 1.79. The number of anilines is 1. The maximum atomic E-state index is 4.28. The molecule has 0 bridgehead atoms. The molecular formula is C13H17N5. The number of aromatic nitrogens is 2. The molecule has 0 fully saturated rings. The Bertz CT molecular complexity index is 500. The maximum Gasteiger partial charge on any atom is 0.170 e. The van der Waals surface area contributed by atoms with Gasteiger partial charge < -0.3 is 4.90 Å². The fourth-order valence-electron chi connectivity index (χ4n) is 1.79. The van der Waals surface area contributed by atoms with Crippen LogP contribution in [-0.2, 0) is 0 Å². The van der Waals surface area contributed by atoms with E-state index in [1.165, 1.54) is 0 Å². The average molecular weight is 243 g/mol. The predicted octanol–water partition coefficient (Wildman–Crippen LogP) is 3.67. The molecule has 2 aromatic rings. The van der Waals surface area contributed by atoms with Crippen molar-refractivity contribution in [2.24, 2.45) is 10.2 Å². The zero-order valence-electron chi connectivity index (χ0n) is 10.7. The Morgan fingerprint density at radius 3 is 2.56 bits per heavy atom. The number of rotatable bonds is 5. The van der Waals surface area contributed by atoms with Gasteiger partial charge in [0.05, 0.1) is 11.9 Å². The molecule has 1 N–H and O–H groups in total. The van der Waals surface area contributed by atoms with Crippen LogP contribution in [-0.4, -0.2) is 23.3 Å². The van der Waals surface area contributed by atoms with Crippen LogP contribution in [0.15, 0.2) is 46.8 Å². The van der Waals surface area contributed by atoms with Gasteiger partial charge in [0.1, 0.15) is 5.69 Å². The first-order chi connectivity index (χ1) is 8.85. The highest BCUT2D eigenvalue weighted by Gasteiger charge is 2.06. The van der Waals surface area contributed by atoms with Crippen molar-refractivity contribution in [3.63, 3.8) is 0 Å². The Morgan fingerprint density at radius 1 is 1.11 bits per heavy atom. The van der Waals surface area contributed by atoms with E-state index in [1.54, 1.807) is 12.3 Å². The predicted molar refractivity (Wildman–Crippen MR) is 72.8 cm³/mol. The van der Waals surface area contributed by atoms with Gasteiger partial charge in [-0.15, -0.1) is 10.2 Å². The molecule has 5 heteroatoms. The van der Waals surface area contributed by atoms with Crippen molar-refractivity contribution >= 4 is 17.2 Å². The molecule has 94 valence electrons. The molecule has 0 amide bonds. The minimum Gasteiger partial charge on any atom is -0.370 e. The van der Waals surface area contributed by atoms with Gasteiger partial charge in [-0.3, -0.25) is 5.10 Å². The van der Waals surface area contributed by atoms with Gasteiger partial charge in [0, 0.05) is 19.2 Å². The normalized spacial score (nSPS) is 11.0. The molecule has 0 aliphatic heterocycles. The van der Waals surface area contributed by atoms with Crippen LogP contribution in [0.4, 0.5) is 17.2 Å². The molecule has 0 saturated heterocycles. The minimum absolute atomic E-state index is 0.657. The topological polar surface area (TPSA) is 56.6 Å². The lowest BCUT2D eigenvalue weighted by Gasteiger charge is -2.22. The van der Waals surface area contributed by atoms with Gasteiger partial charge in [-0.2, -0.15) is 5.10 Å². The molecule has 1 aromatic carbocycles. The van der Waals surface area contributed by atoms with Crippen molar-refractivity contribution in [1.82, 2.24) is 10.2 Å². The van der Waals surface area contributed by atoms with Gasteiger partial charge in [0.25, 0.3) is 0 Å². The van der Waals surface area contributed by atoms with Crippen molar-refractivity contribution in [3.8, 4) is 0 Å². The molecule has 0 saturated carbocycles. The molecular weight excluding hydrogens is 226 g/mol. The van der Waals surface area contributed by atoms with E-state index in [9.17, 15) is 0 Å². The number of azo groups is 1. The zero-order valence-corrected chi connectivity index (χ0v) is 10.7. The highest BCUT2D eigenvalue weighted by molar-refractivity contribution is 5.66. The number of nitrogens with zero attached hydrogens (tertiary/aromatic N) is 4. The summed E-state index contributed by atoms with van der Waals surface area (Å²) >= 11 is 0. The second kappa shape index (κ2) is 5.95. The Labute approximate surface area is 107 Å². The lowest BCUT2D eigenvalue weighted by molar-refractivity contribution is 0.865. The SMILES string of the molecule is CCN(CC)c1ccccc1N=Nc1ccn[nH]1. The molecule has 0 unspecified atom stereocenters. The number of hydrogen-bond acceptors (Lipinski definition) is 4. The van der Waals surface area contributed by atoms with E-state index >= 15 is 0 Å². The van der Waals surface area contributed by atoms with Gasteiger partial charge in [-0.1, -0.05) is 12.1 Å². The number of H-pyrrole nitrogens is 1. The summed E-state index contributed by atoms with van der Waals surface area (Å²) in [7, 11) is 0. The molecule has 1 aromatic heterocycles. The molecule has 0 atom stereocenters. The molecule has 5 nitrogen and oxygen atoms in total. The number of hydrogen-bond donors (Lipinski definition) is 1. The summed E-state index contributed by atoms with van der Waals surface area (Å²) in [6.07, 6.45) is 1.66. The summed E-state index contributed by atoms with van der Waals surface area (Å²) in [6.45, 7) is 6.17. The first-order valence-electron chi connectivity index (χ1n) is 6.10. The van der Waals surface area contributed by atoms with Gasteiger partial charge in [0.15, 0.2) is 5.82 Å². The number of para-hydroxylation sites is 1. The van der Waals surface area contributed by atoms with Crippen molar-refractivity contribution < 1.29 is 0 Å². The van der Waals surface area contributed by atoms with Crippen LogP contribution in [0, 0.1) is 0 Å². The fraction of sp³-hybridized carbons (Fsp3) is 0.308. The molecule has 0 spiro atoms. The Kier molecular flexibility index (Phi) is 4.06. The first-order valence-corrected chi connectivity index (χ1v) is 6.10. The van der Waals surface area contributed by atoms with E-state index in [0.29, 0.717) is 5.82 Å². The van der Waals surface area contributed by atoms with E-state index in [-0.39, 0.29) is 0 Å². The number of nitrogens with one attached hydrogen (secondary N) is 1. The van der Waals surface area contributed by atoms with Gasteiger partial charge >= 0.3 is 0 Å². The molecule has 18 heavy (non-hydrogen) atoms. The largest absolute Gasteiger partial charge is 0.370 e. The lowest BCUT2D eigenvalue weighted by atomic mass is 10.2. The number of aromatic amines is 1. The van der Waals surface area contributed by atoms with Crippen LogP contribution in [0.2, 0.25) is 0 Å². The number of benzene rings is 1. The van der Waals surface area contributed by atoms with E-state index < -0.39 is 0 Å². The second-order valence-corrected chi connectivity index (χ2v) is 3.80. The van der Waals surface area contributed by atoms with Crippen LogP contribution >= 0.6 is 0 Å². The van der Waals surface area contributed by atoms with Crippen LogP contribution in [0.3, 0.4) is 0 Å². The van der Waals surface area contributed by atoms with Crippen molar-refractivity contribution in [3.05, 3.63) is 36.5 Å². The third kappa shape index (κ3) is 2.74. The van der Waals surface area contributed by atoms with Crippen LogP contribution in [0.5, 0.6) is 0 Å². The summed E-state index contributed by atoms with van der Waals surface area (Å²) in [4.78, 5) is 2.25. The lowest BCUT2D eigenvalue weighted by Crippen LogP contribution is -2.21. The summed E-state index contributed by atoms with van der Waals surface area (Å²) in [5.41, 5.74) is 1.97. The summed E-state index contributed by atoms with van der Waals surface area (Å²) in [5.74, 6) is 0.657. The van der Waals surface area contributed by atoms with Crippen LogP contribution < -0.4 is 4.90 Å². The van der Waals surface area contributed by atoms with Crippen LogP contribution in [0.1, 0.15) is 13.8 Å². The van der Waals surface area contributed by atoms with Gasteiger partial charge in [-0.25, -0.2) is 0 Å². The summed E-state index contributed by atoms with van der Waals surface area (Å²) in [6, 6.07) is 9.79. The first kappa shape index (κ1) is 12.3. The highest BCUT2D eigenvalue weighted by atomic mass is 15.2. The van der Waals surface area contributed by atoms with Crippen molar-refractivity contribution in [2.45, 2.75) is 13.8 Å². The molecule has 0 radical (unpaired) electrons. The Balaban J connectivity index is 2.27. The van der Waals surface area contributed by atoms with E-state index in [0.717, 1.165) is 24.5 Å². The molecule has 1 heterocycles. The van der Waals surface area contributed by atoms with E-state index in [2.05, 4.69) is 45.2 Å². The van der Waals surface area contributed by atoms with E-state index in [4.69, 9.17) is 0 Å². The Hall–Kier alpha value is -2.17. The van der Waals surface area contributed by atoms with Crippen molar-refractivity contribution in [2.75, 3.05) is 18.0 Å². The molecule has 2 rings (SSSR count). The second-order valence-electron chi connectivity index (χ2n) is 3.80. The smallest absolute Gasteiger partial charge is 0.170 e. The standard InChI is InChI=1S/C13H17N5/c1-3-18(4-2)12-8-6-5-7-11(12)15-17-13-9-10-14-16-13/h5-10H,3-4H2,1-2H3,(H,14,16). The van der Waals surface area contributed by atoms with Crippen LogP contribution in [0.25, 0.3) is 0 Å². The maximum absolute atomic E-state index is 4.28. The third-order valence-corrected chi connectivity index (χ3v) is 2.74. The highest BCUT2D eigenvalue weighted by Crippen LogP contribution is 2.29. The third-order valence-electron chi connectivity index (χ3n) is 2.74. The summed E-state index contributed by atoms with van der Waals surface area (Å²) in [5, 5.41) is 15.0. The average Bonchev–Trinajstić information content (AvgIpc) is 2.92. The summed E-state index contributed by atoms with van der Waals surface area (Å²) < 4.78 is 0.